The van der Waals surface area contributed by atoms with Gasteiger partial charge in [0.15, 0.2) is 0 Å². The minimum absolute atomic E-state index is 0.0627. The van der Waals surface area contributed by atoms with Gasteiger partial charge in [0.05, 0.1) is 11.4 Å². The highest BCUT2D eigenvalue weighted by atomic mass is 35.5. The van der Waals surface area contributed by atoms with Crippen molar-refractivity contribution in [2.24, 2.45) is 0 Å². The van der Waals surface area contributed by atoms with E-state index < -0.39 is 15.9 Å². The van der Waals surface area contributed by atoms with Crippen LogP contribution in [-0.4, -0.2) is 44.7 Å². The molecule has 0 bridgehead atoms. The van der Waals surface area contributed by atoms with Gasteiger partial charge in [-0.05, 0) is 61.4 Å². The van der Waals surface area contributed by atoms with Crippen LogP contribution in [0.2, 0.25) is 5.02 Å². The highest BCUT2D eigenvalue weighted by molar-refractivity contribution is 7.89. The van der Waals surface area contributed by atoms with Gasteiger partial charge in [-0.1, -0.05) is 11.6 Å². The summed E-state index contributed by atoms with van der Waals surface area (Å²) in [4.78, 5) is 26.1. The van der Waals surface area contributed by atoms with Crippen LogP contribution >= 0.6 is 11.6 Å². The molecule has 154 valence electrons. The van der Waals surface area contributed by atoms with Crippen molar-refractivity contribution in [3.8, 4) is 0 Å². The van der Waals surface area contributed by atoms with Crippen molar-refractivity contribution in [3.63, 3.8) is 0 Å². The Hall–Kier alpha value is -2.42. The van der Waals surface area contributed by atoms with Crippen LogP contribution in [0, 0.1) is 6.92 Å². The molecule has 0 radical (unpaired) electrons. The predicted molar refractivity (Wildman–Crippen MR) is 113 cm³/mol. The standard InChI is InChI=1S/C20H22ClN3O4S/c1-14-12-16(7-10-18(14)24-11-3-4-20(24)26)22-19(25)13-23(2)29(27,28)17-8-5-15(21)6-9-17/h5-10,12H,3-4,11,13H2,1-2H3,(H,22,25). The summed E-state index contributed by atoms with van der Waals surface area (Å²) >= 11 is 5.80. The molecule has 0 unspecified atom stereocenters. The van der Waals surface area contributed by atoms with Gasteiger partial charge in [0.2, 0.25) is 21.8 Å². The summed E-state index contributed by atoms with van der Waals surface area (Å²) in [5.74, 6) is -0.367. The fraction of sp³-hybridized carbons (Fsp3) is 0.300. The van der Waals surface area contributed by atoms with Crippen molar-refractivity contribution in [3.05, 3.63) is 53.1 Å². The summed E-state index contributed by atoms with van der Waals surface area (Å²) < 4.78 is 26.1. The monoisotopic (exact) mass is 435 g/mol. The molecule has 0 atom stereocenters. The Kier molecular flexibility index (Phi) is 6.26. The Labute approximate surface area is 175 Å². The molecular weight excluding hydrogens is 414 g/mol. The van der Waals surface area contributed by atoms with Gasteiger partial charge in [-0.15, -0.1) is 0 Å². The molecule has 0 spiro atoms. The lowest BCUT2D eigenvalue weighted by molar-refractivity contribution is -0.117. The van der Waals surface area contributed by atoms with E-state index >= 15 is 0 Å². The lowest BCUT2D eigenvalue weighted by Gasteiger charge is -2.20. The molecule has 0 aliphatic carbocycles. The maximum Gasteiger partial charge on any atom is 0.243 e. The zero-order valence-corrected chi connectivity index (χ0v) is 17.8. The summed E-state index contributed by atoms with van der Waals surface area (Å²) in [5.41, 5.74) is 2.23. The van der Waals surface area contributed by atoms with Crippen molar-refractivity contribution in [2.75, 3.05) is 30.4 Å². The summed E-state index contributed by atoms with van der Waals surface area (Å²) in [6, 6.07) is 11.0. The quantitative estimate of drug-likeness (QED) is 0.755. The highest BCUT2D eigenvalue weighted by Gasteiger charge is 2.24. The molecule has 2 aromatic carbocycles. The number of sulfonamides is 1. The maximum atomic E-state index is 12.6. The second-order valence-corrected chi connectivity index (χ2v) is 9.39. The molecule has 0 aromatic heterocycles. The van der Waals surface area contributed by atoms with E-state index in [9.17, 15) is 18.0 Å². The van der Waals surface area contributed by atoms with Gasteiger partial charge in [-0.3, -0.25) is 9.59 Å². The smallest absolute Gasteiger partial charge is 0.243 e. The number of carbonyl (C=O) groups excluding carboxylic acids is 2. The second kappa shape index (κ2) is 8.52. The number of anilines is 2. The molecular formula is C20H22ClN3O4S. The normalized spacial score (nSPS) is 14.5. The Morgan fingerprint density at radius 1 is 1.21 bits per heavy atom. The number of aryl methyl sites for hydroxylation is 1. The van der Waals surface area contributed by atoms with E-state index in [2.05, 4.69) is 5.32 Å². The Balaban J connectivity index is 1.66. The number of carbonyl (C=O) groups is 2. The van der Waals surface area contributed by atoms with Gasteiger partial charge in [0, 0.05) is 36.4 Å². The summed E-state index contributed by atoms with van der Waals surface area (Å²) in [6.07, 6.45) is 1.39. The number of hydrogen-bond donors (Lipinski definition) is 1. The lowest BCUT2D eigenvalue weighted by Crippen LogP contribution is -2.35. The second-order valence-electron chi connectivity index (χ2n) is 6.91. The molecule has 0 saturated carbocycles. The number of rotatable bonds is 6. The number of hydrogen-bond acceptors (Lipinski definition) is 4. The minimum atomic E-state index is -3.81. The van der Waals surface area contributed by atoms with E-state index in [1.807, 2.05) is 6.92 Å². The minimum Gasteiger partial charge on any atom is -0.325 e. The van der Waals surface area contributed by atoms with Crippen LogP contribution < -0.4 is 10.2 Å². The highest BCUT2D eigenvalue weighted by Crippen LogP contribution is 2.27. The Morgan fingerprint density at radius 2 is 1.90 bits per heavy atom. The summed E-state index contributed by atoms with van der Waals surface area (Å²) in [6.45, 7) is 2.23. The van der Waals surface area contributed by atoms with Crippen molar-refractivity contribution < 1.29 is 18.0 Å². The van der Waals surface area contributed by atoms with Crippen LogP contribution in [0.5, 0.6) is 0 Å². The number of likely N-dealkylation sites (N-methyl/N-ethyl adjacent to an activating group) is 1. The van der Waals surface area contributed by atoms with Gasteiger partial charge >= 0.3 is 0 Å². The number of nitrogens with zero attached hydrogens (tertiary/aromatic N) is 2. The zero-order chi connectivity index (χ0) is 21.2. The Bertz CT molecular complexity index is 1040. The largest absolute Gasteiger partial charge is 0.325 e. The van der Waals surface area contributed by atoms with Crippen molar-refractivity contribution in [2.45, 2.75) is 24.7 Å². The van der Waals surface area contributed by atoms with Crippen LogP contribution in [0.15, 0.2) is 47.4 Å². The fourth-order valence-corrected chi connectivity index (χ4v) is 4.47. The molecule has 1 aliphatic heterocycles. The van der Waals surface area contributed by atoms with Gasteiger partial charge in [0.25, 0.3) is 0 Å². The lowest BCUT2D eigenvalue weighted by atomic mass is 10.1. The first kappa shape index (κ1) is 21.3. The van der Waals surface area contributed by atoms with E-state index in [-0.39, 0.29) is 17.3 Å². The number of nitrogens with one attached hydrogen (secondary N) is 1. The Morgan fingerprint density at radius 3 is 2.48 bits per heavy atom. The average molecular weight is 436 g/mol. The predicted octanol–water partition coefficient (Wildman–Crippen LogP) is 3.03. The summed E-state index contributed by atoms with van der Waals surface area (Å²) in [5, 5.41) is 3.14. The molecule has 1 fully saturated rings. The van der Waals surface area contributed by atoms with Crippen LogP contribution in [-0.2, 0) is 19.6 Å². The first-order valence-corrected chi connectivity index (χ1v) is 10.9. The number of halogens is 1. The topological polar surface area (TPSA) is 86.8 Å². The first-order valence-electron chi connectivity index (χ1n) is 9.11. The van der Waals surface area contributed by atoms with Gasteiger partial charge in [-0.25, -0.2) is 8.42 Å². The van der Waals surface area contributed by atoms with Crippen LogP contribution in [0.1, 0.15) is 18.4 Å². The SMILES string of the molecule is Cc1cc(NC(=O)CN(C)S(=O)(=O)c2ccc(Cl)cc2)ccc1N1CCCC1=O. The summed E-state index contributed by atoms with van der Waals surface area (Å²) in [7, 11) is -2.46. The molecule has 29 heavy (non-hydrogen) atoms. The molecule has 3 rings (SSSR count). The third kappa shape index (κ3) is 4.77. The molecule has 2 aromatic rings. The van der Waals surface area contributed by atoms with Gasteiger partial charge < -0.3 is 10.2 Å². The molecule has 1 N–H and O–H groups in total. The van der Waals surface area contributed by atoms with Crippen molar-refractivity contribution in [1.29, 1.82) is 0 Å². The van der Waals surface area contributed by atoms with Crippen LogP contribution in [0.4, 0.5) is 11.4 Å². The van der Waals surface area contributed by atoms with Crippen molar-refractivity contribution >= 4 is 44.8 Å². The molecule has 1 saturated heterocycles. The van der Waals surface area contributed by atoms with E-state index in [0.717, 1.165) is 22.0 Å². The van der Waals surface area contributed by atoms with E-state index in [1.165, 1.54) is 31.3 Å². The van der Waals surface area contributed by atoms with Crippen LogP contribution in [0.25, 0.3) is 0 Å². The van der Waals surface area contributed by atoms with Gasteiger partial charge in [0.1, 0.15) is 0 Å². The molecule has 1 aliphatic rings. The third-order valence-electron chi connectivity index (χ3n) is 4.73. The molecule has 2 amide bonds. The molecule has 9 heteroatoms. The maximum absolute atomic E-state index is 12.6. The zero-order valence-electron chi connectivity index (χ0n) is 16.2. The molecule has 7 nitrogen and oxygen atoms in total. The van der Waals surface area contributed by atoms with Gasteiger partial charge in [-0.2, -0.15) is 4.31 Å². The first-order chi connectivity index (χ1) is 13.7. The van der Waals surface area contributed by atoms with E-state index in [1.54, 1.807) is 23.1 Å². The number of benzene rings is 2. The van der Waals surface area contributed by atoms with Crippen LogP contribution in [0.3, 0.4) is 0 Å². The number of amides is 2. The molecule has 1 heterocycles. The third-order valence-corrected chi connectivity index (χ3v) is 6.80. The van der Waals surface area contributed by atoms with E-state index in [0.29, 0.717) is 23.7 Å². The average Bonchev–Trinajstić information content (AvgIpc) is 3.07. The van der Waals surface area contributed by atoms with E-state index in [4.69, 9.17) is 11.6 Å². The van der Waals surface area contributed by atoms with Crippen molar-refractivity contribution in [1.82, 2.24) is 4.31 Å². The fourth-order valence-electron chi connectivity index (χ4n) is 3.21.